The lowest BCUT2D eigenvalue weighted by atomic mass is 9.66. The van der Waals surface area contributed by atoms with E-state index in [2.05, 4.69) is 6.07 Å². The van der Waals surface area contributed by atoms with E-state index in [1.807, 2.05) is 58.0 Å². The zero-order chi connectivity index (χ0) is 24.8. The van der Waals surface area contributed by atoms with E-state index in [9.17, 15) is 13.6 Å². The number of ether oxygens (including phenoxy) is 2. The summed E-state index contributed by atoms with van der Waals surface area (Å²) in [4.78, 5) is 16.1. The number of rotatable bonds is 2. The second-order valence-electron chi connectivity index (χ2n) is 11.1. The highest BCUT2D eigenvalue weighted by molar-refractivity contribution is 6.11. The molecule has 3 aliphatic rings. The maximum Gasteiger partial charge on any atom is 0.242 e. The van der Waals surface area contributed by atoms with Crippen molar-refractivity contribution in [1.82, 2.24) is 0 Å². The minimum absolute atomic E-state index is 0.0153. The summed E-state index contributed by atoms with van der Waals surface area (Å²) >= 11 is 0. The first-order chi connectivity index (χ1) is 16.5. The van der Waals surface area contributed by atoms with Gasteiger partial charge in [-0.05, 0) is 57.0 Å². The van der Waals surface area contributed by atoms with Crippen molar-refractivity contribution in [3.8, 4) is 11.5 Å². The van der Waals surface area contributed by atoms with E-state index in [-0.39, 0.29) is 23.6 Å². The predicted molar refractivity (Wildman–Crippen MR) is 129 cm³/mol. The Labute approximate surface area is 203 Å². The summed E-state index contributed by atoms with van der Waals surface area (Å²) in [5, 5.41) is 0. The van der Waals surface area contributed by atoms with Gasteiger partial charge in [-0.15, -0.1) is 0 Å². The van der Waals surface area contributed by atoms with Crippen LogP contribution in [-0.4, -0.2) is 17.1 Å². The normalized spacial score (nSPS) is 22.9. The maximum atomic E-state index is 14.6. The van der Waals surface area contributed by atoms with E-state index in [1.54, 1.807) is 4.90 Å². The molecule has 0 saturated carbocycles. The number of hydrogen-bond donors (Lipinski definition) is 0. The summed E-state index contributed by atoms with van der Waals surface area (Å²) in [6.45, 7) is 8.06. The highest BCUT2D eigenvalue weighted by Gasteiger charge is 2.58. The molecule has 4 nitrogen and oxygen atoms in total. The number of carbonyl (C=O) groups excluding carboxylic acids is 1. The molecule has 0 N–H and O–H groups in total. The number of halogens is 2. The van der Waals surface area contributed by atoms with Crippen LogP contribution in [0, 0.1) is 11.6 Å². The molecule has 6 heteroatoms. The first kappa shape index (κ1) is 22.1. The van der Waals surface area contributed by atoms with Crippen molar-refractivity contribution < 1.29 is 23.0 Å². The number of fused-ring (bicyclic) bond motifs is 5. The first-order valence-electron chi connectivity index (χ1n) is 11.9. The molecule has 3 aromatic carbocycles. The van der Waals surface area contributed by atoms with Crippen molar-refractivity contribution in [2.24, 2.45) is 0 Å². The summed E-state index contributed by atoms with van der Waals surface area (Å²) in [5.41, 5.74) is 1.80. The zero-order valence-electron chi connectivity index (χ0n) is 20.2. The third-order valence-corrected chi connectivity index (χ3v) is 7.31. The molecule has 1 spiro atoms. The van der Waals surface area contributed by atoms with Gasteiger partial charge in [0.2, 0.25) is 5.91 Å². The fourth-order valence-electron chi connectivity index (χ4n) is 6.05. The van der Waals surface area contributed by atoms with E-state index in [0.717, 1.165) is 40.6 Å². The van der Waals surface area contributed by atoms with Gasteiger partial charge < -0.3 is 14.4 Å². The molecule has 0 radical (unpaired) electrons. The Kier molecular flexibility index (Phi) is 4.45. The molecule has 3 heterocycles. The summed E-state index contributed by atoms with van der Waals surface area (Å²) in [7, 11) is 0. The maximum absolute atomic E-state index is 14.6. The van der Waals surface area contributed by atoms with Gasteiger partial charge in [-0.3, -0.25) is 4.79 Å². The van der Waals surface area contributed by atoms with Gasteiger partial charge in [-0.25, -0.2) is 8.78 Å². The van der Waals surface area contributed by atoms with Gasteiger partial charge >= 0.3 is 0 Å². The summed E-state index contributed by atoms with van der Waals surface area (Å²) in [6, 6.07) is 15.1. The highest BCUT2D eigenvalue weighted by Crippen LogP contribution is 2.57. The second-order valence-corrected chi connectivity index (χ2v) is 11.1. The van der Waals surface area contributed by atoms with E-state index in [1.165, 1.54) is 12.1 Å². The minimum atomic E-state index is -0.980. The Morgan fingerprint density at radius 1 is 0.886 bits per heavy atom. The number of carbonyl (C=O) groups is 1. The summed E-state index contributed by atoms with van der Waals surface area (Å²) in [5.74, 6) is -0.0180. The van der Waals surface area contributed by atoms with Crippen LogP contribution in [0.2, 0.25) is 0 Å². The Bertz CT molecular complexity index is 1400. The zero-order valence-corrected chi connectivity index (χ0v) is 20.2. The van der Waals surface area contributed by atoms with Crippen LogP contribution in [0.4, 0.5) is 14.5 Å². The van der Waals surface area contributed by atoms with Crippen molar-refractivity contribution in [1.29, 1.82) is 0 Å². The Morgan fingerprint density at radius 3 is 2.40 bits per heavy atom. The number of anilines is 1. The quantitative estimate of drug-likeness (QED) is 0.451. The minimum Gasteiger partial charge on any atom is -0.487 e. The molecular formula is C29H27F2NO3. The van der Waals surface area contributed by atoms with Gasteiger partial charge in [-0.2, -0.15) is 0 Å². The van der Waals surface area contributed by atoms with Gasteiger partial charge in [0.05, 0.1) is 6.54 Å². The average Bonchev–Trinajstić information content (AvgIpc) is 3.19. The molecule has 35 heavy (non-hydrogen) atoms. The van der Waals surface area contributed by atoms with Crippen LogP contribution in [0.3, 0.4) is 0 Å². The van der Waals surface area contributed by atoms with Crippen molar-refractivity contribution in [3.05, 3.63) is 88.5 Å². The standard InChI is InChI=1S/C29H27F2NO3/c1-27(2)14-18-11-21-25(13-24(18)34-27)35-28(3,4)16-29(21)20-7-5-6-8-23(20)32(26(29)33)15-17-9-10-19(30)12-22(17)31/h5-13H,14-16H2,1-4H3. The van der Waals surface area contributed by atoms with Gasteiger partial charge in [-0.1, -0.05) is 24.3 Å². The largest absolute Gasteiger partial charge is 0.487 e. The lowest BCUT2D eigenvalue weighted by Gasteiger charge is -2.43. The van der Waals surface area contributed by atoms with Crippen molar-refractivity contribution in [3.63, 3.8) is 0 Å². The monoisotopic (exact) mass is 475 g/mol. The number of benzene rings is 3. The third kappa shape index (κ3) is 3.26. The van der Waals surface area contributed by atoms with E-state index in [4.69, 9.17) is 9.47 Å². The smallest absolute Gasteiger partial charge is 0.242 e. The molecule has 0 bridgehead atoms. The fraction of sp³-hybridized carbons (Fsp3) is 0.345. The number of amides is 1. The van der Waals surface area contributed by atoms with Gasteiger partial charge in [0.25, 0.3) is 0 Å². The molecule has 0 aliphatic carbocycles. The van der Waals surface area contributed by atoms with Gasteiger partial charge in [0.1, 0.15) is 39.8 Å². The number of hydrogen-bond acceptors (Lipinski definition) is 3. The fourth-order valence-corrected chi connectivity index (χ4v) is 6.05. The Balaban J connectivity index is 1.54. The molecule has 1 atom stereocenters. The van der Waals surface area contributed by atoms with Gasteiger partial charge in [0, 0.05) is 41.8 Å². The average molecular weight is 476 g/mol. The third-order valence-electron chi connectivity index (χ3n) is 7.31. The molecule has 0 aromatic heterocycles. The Morgan fingerprint density at radius 2 is 1.63 bits per heavy atom. The van der Waals surface area contributed by atoms with Crippen molar-refractivity contribution in [2.75, 3.05) is 4.90 Å². The Hall–Kier alpha value is -3.41. The molecule has 1 unspecified atom stereocenters. The topological polar surface area (TPSA) is 38.8 Å². The molecule has 3 aromatic rings. The molecule has 1 amide bonds. The first-order valence-corrected chi connectivity index (χ1v) is 11.9. The lowest BCUT2D eigenvalue weighted by molar-refractivity contribution is -0.124. The van der Waals surface area contributed by atoms with Crippen LogP contribution in [-0.2, 0) is 23.2 Å². The van der Waals surface area contributed by atoms with Crippen molar-refractivity contribution in [2.45, 2.75) is 63.7 Å². The molecule has 6 rings (SSSR count). The molecule has 180 valence electrons. The molecular weight excluding hydrogens is 448 g/mol. The van der Waals surface area contributed by atoms with Gasteiger partial charge in [0.15, 0.2) is 0 Å². The lowest BCUT2D eigenvalue weighted by Crippen LogP contribution is -2.50. The van der Waals surface area contributed by atoms with E-state index in [0.29, 0.717) is 12.2 Å². The molecule has 3 aliphatic heterocycles. The van der Waals surface area contributed by atoms with Crippen LogP contribution in [0.25, 0.3) is 0 Å². The highest BCUT2D eigenvalue weighted by atomic mass is 19.1. The predicted octanol–water partition coefficient (Wildman–Crippen LogP) is 6.07. The second kappa shape index (κ2) is 7.06. The van der Waals surface area contributed by atoms with Crippen LogP contribution in [0.1, 0.15) is 56.4 Å². The SMILES string of the molecule is CC1(C)Cc2cc3c(cc2O1)OC(C)(C)CC31C(=O)N(Cc2ccc(F)cc2F)c2ccccc21. The van der Waals surface area contributed by atoms with E-state index < -0.39 is 22.7 Å². The molecule has 0 saturated heterocycles. The van der Waals surface area contributed by atoms with E-state index >= 15 is 0 Å². The summed E-state index contributed by atoms with van der Waals surface area (Å²) in [6.07, 6.45) is 1.17. The molecule has 0 fully saturated rings. The summed E-state index contributed by atoms with van der Waals surface area (Å²) < 4.78 is 40.7. The number of nitrogens with zero attached hydrogens (tertiary/aromatic N) is 1. The van der Waals surface area contributed by atoms with Crippen LogP contribution >= 0.6 is 0 Å². The van der Waals surface area contributed by atoms with Crippen LogP contribution in [0.15, 0.2) is 54.6 Å². The van der Waals surface area contributed by atoms with Crippen LogP contribution < -0.4 is 14.4 Å². The van der Waals surface area contributed by atoms with Crippen molar-refractivity contribution >= 4 is 11.6 Å². The number of para-hydroxylation sites is 1. The van der Waals surface area contributed by atoms with Crippen LogP contribution in [0.5, 0.6) is 11.5 Å².